The standard InChI is InChI=1S/C40H22O3/c1-3-12-25-23(10-1)37(29-16-9-19-34-39(29)27-14-5-7-17-31(27)41-34)24-11-2-4-13-26(24)38(25)36-22-30-33(43-36)20-21-35-40(30)28-15-6-8-18-32(28)42-35/h1-22H. The second kappa shape index (κ2) is 8.37. The Kier molecular flexibility index (Phi) is 4.45. The van der Waals surface area contributed by atoms with Crippen molar-refractivity contribution in [3.05, 3.63) is 133 Å². The van der Waals surface area contributed by atoms with Crippen molar-refractivity contribution in [2.45, 2.75) is 0 Å². The minimum atomic E-state index is 0.846. The predicted octanol–water partition coefficient (Wildman–Crippen LogP) is 11.9. The molecule has 43 heavy (non-hydrogen) atoms. The minimum Gasteiger partial charge on any atom is -0.456 e. The first-order valence-electron chi connectivity index (χ1n) is 14.5. The maximum Gasteiger partial charge on any atom is 0.136 e. The van der Waals surface area contributed by atoms with E-state index in [2.05, 4.69) is 97.1 Å². The molecule has 0 atom stereocenters. The highest BCUT2D eigenvalue weighted by atomic mass is 16.3. The molecular weight excluding hydrogens is 528 g/mol. The van der Waals surface area contributed by atoms with Crippen LogP contribution in [0.4, 0.5) is 0 Å². The van der Waals surface area contributed by atoms with E-state index in [0.717, 1.165) is 82.5 Å². The fourth-order valence-corrected chi connectivity index (χ4v) is 7.13. The highest BCUT2D eigenvalue weighted by Crippen LogP contribution is 2.48. The Morgan fingerprint density at radius 2 is 0.767 bits per heavy atom. The van der Waals surface area contributed by atoms with Crippen molar-refractivity contribution in [3.63, 3.8) is 0 Å². The van der Waals surface area contributed by atoms with Gasteiger partial charge >= 0.3 is 0 Å². The lowest BCUT2D eigenvalue weighted by molar-refractivity contribution is 0.632. The molecule has 0 radical (unpaired) electrons. The second-order valence-corrected chi connectivity index (χ2v) is 11.2. The predicted molar refractivity (Wildman–Crippen MR) is 177 cm³/mol. The molecule has 10 aromatic rings. The monoisotopic (exact) mass is 550 g/mol. The lowest BCUT2D eigenvalue weighted by atomic mass is 9.86. The molecule has 0 N–H and O–H groups in total. The molecule has 200 valence electrons. The summed E-state index contributed by atoms with van der Waals surface area (Å²) in [6.45, 7) is 0. The van der Waals surface area contributed by atoms with Gasteiger partial charge in [-0.25, -0.2) is 0 Å². The molecule has 0 fully saturated rings. The van der Waals surface area contributed by atoms with Crippen LogP contribution < -0.4 is 0 Å². The van der Waals surface area contributed by atoms with Crippen LogP contribution >= 0.6 is 0 Å². The molecule has 3 aromatic heterocycles. The number of rotatable bonds is 2. The summed E-state index contributed by atoms with van der Waals surface area (Å²) < 4.78 is 19.2. The fraction of sp³-hybridized carbons (Fsp3) is 0. The summed E-state index contributed by atoms with van der Waals surface area (Å²) in [4.78, 5) is 0. The Hall–Kier alpha value is -5.80. The molecule has 7 aromatic carbocycles. The molecule has 0 saturated carbocycles. The van der Waals surface area contributed by atoms with E-state index in [0.29, 0.717) is 0 Å². The van der Waals surface area contributed by atoms with Gasteiger partial charge in [0.25, 0.3) is 0 Å². The maximum absolute atomic E-state index is 6.70. The van der Waals surface area contributed by atoms with Crippen LogP contribution in [0, 0.1) is 0 Å². The Labute approximate surface area is 245 Å². The van der Waals surface area contributed by atoms with Crippen molar-refractivity contribution in [1.29, 1.82) is 0 Å². The van der Waals surface area contributed by atoms with Crippen molar-refractivity contribution in [1.82, 2.24) is 0 Å². The van der Waals surface area contributed by atoms with E-state index in [1.165, 1.54) is 16.3 Å². The van der Waals surface area contributed by atoms with E-state index in [-0.39, 0.29) is 0 Å². The summed E-state index contributed by atoms with van der Waals surface area (Å²) in [6, 6.07) is 46.5. The summed E-state index contributed by atoms with van der Waals surface area (Å²) in [7, 11) is 0. The number of fused-ring (bicyclic) bond motifs is 10. The summed E-state index contributed by atoms with van der Waals surface area (Å²) in [5.74, 6) is 0.846. The van der Waals surface area contributed by atoms with Crippen molar-refractivity contribution in [2.24, 2.45) is 0 Å². The lowest BCUT2D eigenvalue weighted by Gasteiger charge is -2.17. The van der Waals surface area contributed by atoms with Gasteiger partial charge in [-0.1, -0.05) is 97.1 Å². The number of hydrogen-bond acceptors (Lipinski definition) is 3. The third kappa shape index (κ3) is 3.08. The number of hydrogen-bond donors (Lipinski definition) is 0. The van der Waals surface area contributed by atoms with Crippen LogP contribution in [-0.4, -0.2) is 0 Å². The zero-order valence-electron chi connectivity index (χ0n) is 22.9. The normalized spacial score (nSPS) is 12.2. The van der Waals surface area contributed by atoms with Gasteiger partial charge in [0.2, 0.25) is 0 Å². The first kappa shape index (κ1) is 22.8. The first-order chi connectivity index (χ1) is 21.3. The van der Waals surface area contributed by atoms with Gasteiger partial charge in [-0.2, -0.15) is 0 Å². The van der Waals surface area contributed by atoms with Crippen molar-refractivity contribution in [2.75, 3.05) is 0 Å². The quantitative estimate of drug-likeness (QED) is 0.201. The zero-order chi connectivity index (χ0) is 28.1. The van der Waals surface area contributed by atoms with E-state index in [9.17, 15) is 0 Å². The SMILES string of the molecule is c1ccc2c(c1)oc1cccc(-c3c4ccccc4c(-c4cc5c(ccc6oc7ccccc7c65)o4)c4ccccc34)c12. The van der Waals surface area contributed by atoms with Gasteiger partial charge in [-0.05, 0) is 69.1 Å². The van der Waals surface area contributed by atoms with E-state index in [4.69, 9.17) is 13.3 Å². The van der Waals surface area contributed by atoms with E-state index in [1.54, 1.807) is 0 Å². The Morgan fingerprint density at radius 1 is 0.302 bits per heavy atom. The molecule has 0 spiro atoms. The molecule has 0 bridgehead atoms. The van der Waals surface area contributed by atoms with Gasteiger partial charge < -0.3 is 13.3 Å². The molecule has 0 amide bonds. The fourth-order valence-electron chi connectivity index (χ4n) is 7.13. The highest BCUT2D eigenvalue weighted by Gasteiger charge is 2.22. The Bertz CT molecular complexity index is 2680. The third-order valence-corrected chi connectivity index (χ3v) is 8.89. The Balaban J connectivity index is 1.34. The van der Waals surface area contributed by atoms with Crippen LogP contribution in [0.15, 0.2) is 147 Å². The molecule has 3 heterocycles. The molecule has 0 saturated heterocycles. The molecule has 0 unspecified atom stereocenters. The van der Waals surface area contributed by atoms with Crippen LogP contribution in [0.2, 0.25) is 0 Å². The number of para-hydroxylation sites is 2. The van der Waals surface area contributed by atoms with Crippen LogP contribution in [-0.2, 0) is 0 Å². The maximum atomic E-state index is 6.70. The first-order valence-corrected chi connectivity index (χ1v) is 14.5. The van der Waals surface area contributed by atoms with Crippen molar-refractivity contribution < 1.29 is 13.3 Å². The van der Waals surface area contributed by atoms with E-state index in [1.807, 2.05) is 36.4 Å². The van der Waals surface area contributed by atoms with Gasteiger partial charge in [-0.15, -0.1) is 0 Å². The van der Waals surface area contributed by atoms with Crippen LogP contribution in [0.25, 0.3) is 98.8 Å². The molecule has 10 rings (SSSR count). The Morgan fingerprint density at radius 3 is 1.42 bits per heavy atom. The van der Waals surface area contributed by atoms with Gasteiger partial charge in [0, 0.05) is 32.5 Å². The smallest absolute Gasteiger partial charge is 0.136 e. The van der Waals surface area contributed by atoms with Crippen LogP contribution in [0.5, 0.6) is 0 Å². The minimum absolute atomic E-state index is 0.846. The van der Waals surface area contributed by atoms with E-state index >= 15 is 0 Å². The van der Waals surface area contributed by atoms with Crippen LogP contribution in [0.3, 0.4) is 0 Å². The van der Waals surface area contributed by atoms with Gasteiger partial charge in [0.15, 0.2) is 0 Å². The molecule has 3 heteroatoms. The summed E-state index contributed by atoms with van der Waals surface area (Å²) in [6.07, 6.45) is 0. The molecule has 0 aliphatic heterocycles. The topological polar surface area (TPSA) is 39.4 Å². The largest absolute Gasteiger partial charge is 0.456 e. The van der Waals surface area contributed by atoms with E-state index < -0.39 is 0 Å². The second-order valence-electron chi connectivity index (χ2n) is 11.2. The average molecular weight is 551 g/mol. The third-order valence-electron chi connectivity index (χ3n) is 8.89. The summed E-state index contributed by atoms with van der Waals surface area (Å²) >= 11 is 0. The molecule has 0 aliphatic rings. The number of benzene rings is 7. The number of furan rings is 3. The zero-order valence-corrected chi connectivity index (χ0v) is 22.9. The molecular formula is C40H22O3. The lowest BCUT2D eigenvalue weighted by Crippen LogP contribution is -1.90. The van der Waals surface area contributed by atoms with Gasteiger partial charge in [0.1, 0.15) is 33.7 Å². The highest BCUT2D eigenvalue weighted by molar-refractivity contribution is 6.26. The molecule has 3 nitrogen and oxygen atoms in total. The van der Waals surface area contributed by atoms with Gasteiger partial charge in [-0.3, -0.25) is 0 Å². The van der Waals surface area contributed by atoms with Gasteiger partial charge in [0.05, 0.1) is 0 Å². The summed E-state index contributed by atoms with van der Waals surface area (Å²) in [5.41, 5.74) is 7.85. The summed E-state index contributed by atoms with van der Waals surface area (Å²) in [5, 5.41) is 10.2. The van der Waals surface area contributed by atoms with Crippen molar-refractivity contribution >= 4 is 76.4 Å². The molecule has 0 aliphatic carbocycles. The average Bonchev–Trinajstić information content (AvgIpc) is 3.76. The van der Waals surface area contributed by atoms with Crippen molar-refractivity contribution in [3.8, 4) is 22.5 Å². The van der Waals surface area contributed by atoms with Crippen LogP contribution in [0.1, 0.15) is 0 Å².